The summed E-state index contributed by atoms with van der Waals surface area (Å²) in [5.41, 5.74) is -1.02. The van der Waals surface area contributed by atoms with E-state index in [9.17, 15) is 14.4 Å². The van der Waals surface area contributed by atoms with Crippen molar-refractivity contribution < 1.29 is 19.8 Å². The number of hydrogen-bond acceptors (Lipinski definition) is 3. The molecule has 2 rings (SSSR count). The van der Waals surface area contributed by atoms with E-state index in [0.717, 1.165) is 0 Å². The first-order chi connectivity index (χ1) is 7.54. The third kappa shape index (κ3) is 1.18. The second-order valence-electron chi connectivity index (χ2n) is 3.01. The second kappa shape index (κ2) is 3.23. The lowest BCUT2D eigenvalue weighted by Gasteiger charge is -1.93. The molecule has 0 saturated heterocycles. The molecule has 7 nitrogen and oxygen atoms in total. The van der Waals surface area contributed by atoms with Crippen molar-refractivity contribution in [3.63, 3.8) is 0 Å². The largest absolute Gasteiger partial charge is 0.464 e. The normalized spacial score (nSPS) is 10.5. The molecule has 7 heteroatoms. The topological polar surface area (TPSA) is 102 Å². The molecular weight excluding hydrogens is 216 g/mol. The number of hydrogen-bond donors (Lipinski definition) is 2. The zero-order valence-corrected chi connectivity index (χ0v) is 7.82. The van der Waals surface area contributed by atoms with Gasteiger partial charge in [-0.05, 0) is 12.1 Å². The lowest BCUT2D eigenvalue weighted by atomic mass is 10.3. The third-order valence-electron chi connectivity index (χ3n) is 2.13. The molecule has 0 aliphatic rings. The monoisotopic (exact) mass is 222 g/mol. The van der Waals surface area contributed by atoms with E-state index >= 15 is 0 Å². The minimum atomic E-state index is -1.51. The quantitative estimate of drug-likeness (QED) is 0.688. The van der Waals surface area contributed by atoms with Gasteiger partial charge >= 0.3 is 17.9 Å². The van der Waals surface area contributed by atoms with Crippen molar-refractivity contribution in [1.29, 1.82) is 0 Å². The summed E-state index contributed by atoms with van der Waals surface area (Å²) in [7, 11) is 0. The number of fused-ring (bicyclic) bond motifs is 1. The number of carbonyl (C=O) groups is 2. The maximum absolute atomic E-state index is 11.5. The van der Waals surface area contributed by atoms with Crippen LogP contribution in [0.3, 0.4) is 0 Å². The van der Waals surface area contributed by atoms with E-state index < -0.39 is 17.9 Å². The van der Waals surface area contributed by atoms with Crippen LogP contribution in [-0.4, -0.2) is 31.5 Å². The van der Waals surface area contributed by atoms with Gasteiger partial charge in [0.1, 0.15) is 0 Å². The van der Waals surface area contributed by atoms with Crippen molar-refractivity contribution in [2.75, 3.05) is 0 Å². The summed E-state index contributed by atoms with van der Waals surface area (Å²) in [6.45, 7) is 0. The first-order valence-electron chi connectivity index (χ1n) is 4.23. The summed E-state index contributed by atoms with van der Waals surface area (Å²) < 4.78 is 0.785. The average Bonchev–Trinajstić information content (AvgIpc) is 2.49. The smallest absolute Gasteiger partial charge is 0.420 e. The molecule has 0 atom stereocenters. The molecule has 2 aromatic rings. The van der Waals surface area contributed by atoms with Crippen LogP contribution in [0, 0.1) is 0 Å². The Morgan fingerprint density at radius 2 is 1.31 bits per heavy atom. The Morgan fingerprint density at radius 1 is 0.938 bits per heavy atom. The van der Waals surface area contributed by atoms with Crippen molar-refractivity contribution in [1.82, 2.24) is 9.13 Å². The molecule has 0 amide bonds. The van der Waals surface area contributed by atoms with Gasteiger partial charge in [-0.25, -0.2) is 14.4 Å². The van der Waals surface area contributed by atoms with Crippen molar-refractivity contribution >= 4 is 23.2 Å². The van der Waals surface area contributed by atoms with Gasteiger partial charge in [0.2, 0.25) is 0 Å². The van der Waals surface area contributed by atoms with Crippen LogP contribution in [0.25, 0.3) is 11.0 Å². The number of aromatic nitrogens is 2. The highest BCUT2D eigenvalue weighted by molar-refractivity contribution is 5.91. The molecule has 0 radical (unpaired) electrons. The molecule has 2 N–H and O–H groups in total. The van der Waals surface area contributed by atoms with Crippen molar-refractivity contribution in [2.24, 2.45) is 0 Å². The van der Waals surface area contributed by atoms with E-state index in [0.29, 0.717) is 9.13 Å². The zero-order chi connectivity index (χ0) is 11.9. The summed E-state index contributed by atoms with van der Waals surface area (Å²) in [6.07, 6.45) is -3.03. The van der Waals surface area contributed by atoms with Crippen molar-refractivity contribution in [3.05, 3.63) is 34.7 Å². The lowest BCUT2D eigenvalue weighted by molar-refractivity contribution is 0.193. The van der Waals surface area contributed by atoms with Gasteiger partial charge in [0, 0.05) is 0 Å². The van der Waals surface area contributed by atoms with Crippen LogP contribution in [0.4, 0.5) is 9.59 Å². The molecule has 1 aromatic carbocycles. The summed E-state index contributed by atoms with van der Waals surface area (Å²) >= 11 is 0. The van der Waals surface area contributed by atoms with Crippen molar-refractivity contribution in [3.8, 4) is 0 Å². The van der Waals surface area contributed by atoms with Crippen LogP contribution in [0.15, 0.2) is 29.1 Å². The van der Waals surface area contributed by atoms with Gasteiger partial charge in [0.25, 0.3) is 0 Å². The van der Waals surface area contributed by atoms with Gasteiger partial charge < -0.3 is 10.2 Å². The third-order valence-corrected chi connectivity index (χ3v) is 2.13. The van der Waals surface area contributed by atoms with Gasteiger partial charge in [0.05, 0.1) is 11.0 Å². The Kier molecular flexibility index (Phi) is 2.01. The Bertz CT molecular complexity index is 597. The van der Waals surface area contributed by atoms with Gasteiger partial charge in [-0.3, -0.25) is 0 Å². The maximum Gasteiger partial charge on any atom is 0.420 e. The minimum Gasteiger partial charge on any atom is -0.464 e. The predicted molar refractivity (Wildman–Crippen MR) is 53.0 cm³/mol. The molecule has 1 aromatic heterocycles. The number of nitrogens with zero attached hydrogens (tertiary/aromatic N) is 2. The molecule has 0 unspecified atom stereocenters. The number of carboxylic acid groups (broad SMARTS) is 2. The van der Waals surface area contributed by atoms with Crippen LogP contribution in [0.5, 0.6) is 0 Å². The SMILES string of the molecule is O=C(O)n1c(=O)n(C(=O)O)c2ccccc21. The maximum atomic E-state index is 11.5. The van der Waals surface area contributed by atoms with Gasteiger partial charge in [-0.2, -0.15) is 9.13 Å². The van der Waals surface area contributed by atoms with E-state index in [2.05, 4.69) is 0 Å². The van der Waals surface area contributed by atoms with Gasteiger partial charge in [-0.1, -0.05) is 12.1 Å². The Labute approximate surface area is 87.8 Å². The molecule has 0 aliphatic carbocycles. The van der Waals surface area contributed by atoms with Crippen LogP contribution in [0.2, 0.25) is 0 Å². The first-order valence-corrected chi connectivity index (χ1v) is 4.23. The van der Waals surface area contributed by atoms with Crippen LogP contribution < -0.4 is 5.69 Å². The predicted octanol–water partition coefficient (Wildman–Crippen LogP) is 0.855. The lowest BCUT2D eigenvalue weighted by Crippen LogP contribution is -2.31. The molecular formula is C9H6N2O5. The molecule has 1 heterocycles. The highest BCUT2D eigenvalue weighted by Crippen LogP contribution is 2.11. The highest BCUT2D eigenvalue weighted by atomic mass is 16.4. The van der Waals surface area contributed by atoms with E-state index in [4.69, 9.17) is 10.2 Å². The molecule has 0 aliphatic heterocycles. The van der Waals surface area contributed by atoms with E-state index in [1.807, 2.05) is 0 Å². The second-order valence-corrected chi connectivity index (χ2v) is 3.01. The summed E-state index contributed by atoms with van der Waals surface area (Å²) in [5, 5.41) is 17.6. The highest BCUT2D eigenvalue weighted by Gasteiger charge is 2.20. The van der Waals surface area contributed by atoms with Crippen LogP contribution >= 0.6 is 0 Å². The van der Waals surface area contributed by atoms with Crippen LogP contribution in [0.1, 0.15) is 0 Å². The number of para-hydroxylation sites is 2. The van der Waals surface area contributed by atoms with Crippen LogP contribution in [-0.2, 0) is 0 Å². The molecule has 0 bridgehead atoms. The summed E-state index contributed by atoms with van der Waals surface area (Å²) in [4.78, 5) is 33.2. The molecule has 0 fully saturated rings. The molecule has 82 valence electrons. The van der Waals surface area contributed by atoms with E-state index in [-0.39, 0.29) is 11.0 Å². The van der Waals surface area contributed by atoms with E-state index in [1.54, 1.807) is 0 Å². The van der Waals surface area contributed by atoms with Crippen molar-refractivity contribution in [2.45, 2.75) is 0 Å². The zero-order valence-electron chi connectivity index (χ0n) is 7.82. The summed E-state index contributed by atoms with van der Waals surface area (Å²) in [6, 6.07) is 5.77. The fourth-order valence-electron chi connectivity index (χ4n) is 1.52. The number of benzene rings is 1. The van der Waals surface area contributed by atoms with Gasteiger partial charge in [-0.15, -0.1) is 0 Å². The molecule has 16 heavy (non-hydrogen) atoms. The Hall–Kier alpha value is -2.57. The first kappa shape index (κ1) is 9.97. The minimum absolute atomic E-state index is 0.0439. The molecule has 0 spiro atoms. The van der Waals surface area contributed by atoms with Gasteiger partial charge in [0.15, 0.2) is 0 Å². The standard InChI is InChI=1S/C9H6N2O5/c12-7-10(8(13)14)5-3-1-2-4-6(5)11(7)9(15)16/h1-4H,(H,13,14)(H,15,16). The fraction of sp³-hybridized carbons (Fsp3) is 0. The van der Waals surface area contributed by atoms with E-state index in [1.165, 1.54) is 24.3 Å². The Morgan fingerprint density at radius 3 is 1.62 bits per heavy atom. The summed E-state index contributed by atoms with van der Waals surface area (Å²) in [5.74, 6) is 0. The average molecular weight is 222 g/mol. The number of imidazole rings is 1. The molecule has 0 saturated carbocycles. The Balaban J connectivity index is 3.03. The number of rotatable bonds is 0. The fourth-order valence-corrected chi connectivity index (χ4v) is 1.52.